The first-order valence-electron chi connectivity index (χ1n) is 10.1. The first-order valence-corrected chi connectivity index (χ1v) is 10.9. The van der Waals surface area contributed by atoms with Gasteiger partial charge in [0.25, 0.3) is 5.91 Å². The van der Waals surface area contributed by atoms with Gasteiger partial charge in [0.15, 0.2) is 17.2 Å². The summed E-state index contributed by atoms with van der Waals surface area (Å²) in [4.78, 5) is 12.9. The normalized spacial score (nSPS) is 15.0. The Labute approximate surface area is 202 Å². The molecule has 0 saturated carbocycles. The maximum absolute atomic E-state index is 13.7. The summed E-state index contributed by atoms with van der Waals surface area (Å²) in [6.45, 7) is 0.277. The molecule has 3 aromatic rings. The Morgan fingerprint density at radius 1 is 1.00 bits per heavy atom. The highest BCUT2D eigenvalue weighted by atomic mass is 79.9. The Hall–Kier alpha value is -3.59. The van der Waals surface area contributed by atoms with Crippen LogP contribution < -0.4 is 14.5 Å². The van der Waals surface area contributed by atoms with Crippen molar-refractivity contribution in [3.63, 3.8) is 0 Å². The number of hydrogen-bond donors (Lipinski definition) is 0. The largest absolute Gasteiger partial charge is 0.493 e. The minimum atomic E-state index is -4.82. The Morgan fingerprint density at radius 3 is 2.26 bits per heavy atom. The van der Waals surface area contributed by atoms with Crippen molar-refractivity contribution in [2.75, 3.05) is 12.1 Å². The minimum absolute atomic E-state index is 0.235. The summed E-state index contributed by atoms with van der Waals surface area (Å²) in [7, 11) is 1.43. The molecule has 5 nitrogen and oxygen atoms in total. The number of methoxy groups -OCH3 is 1. The zero-order valence-electron chi connectivity index (χ0n) is 17.8. The average molecular weight is 531 g/mol. The number of benzene rings is 3. The Morgan fingerprint density at radius 2 is 1.65 bits per heavy atom. The molecule has 9 heteroatoms. The van der Waals surface area contributed by atoms with Crippen LogP contribution in [0, 0.1) is 0 Å². The lowest BCUT2D eigenvalue weighted by Crippen LogP contribution is -2.25. The van der Waals surface area contributed by atoms with Gasteiger partial charge in [0.2, 0.25) is 0 Å². The van der Waals surface area contributed by atoms with Gasteiger partial charge in [-0.25, -0.2) is 0 Å². The van der Waals surface area contributed by atoms with E-state index in [0.717, 1.165) is 16.6 Å². The van der Waals surface area contributed by atoms with Gasteiger partial charge < -0.3 is 9.47 Å². The molecule has 174 valence electrons. The number of amides is 1. The van der Waals surface area contributed by atoms with Crippen molar-refractivity contribution in [1.82, 2.24) is 0 Å². The molecule has 0 atom stereocenters. The van der Waals surface area contributed by atoms with Crippen LogP contribution in [0.5, 0.6) is 11.5 Å². The van der Waals surface area contributed by atoms with E-state index in [1.54, 1.807) is 24.3 Å². The third-order valence-corrected chi connectivity index (χ3v) is 5.65. The second-order valence-corrected chi connectivity index (χ2v) is 8.11. The summed E-state index contributed by atoms with van der Waals surface area (Å²) in [5, 5.41) is 4.32. The molecular formula is C25H18BrF3N2O3. The zero-order valence-corrected chi connectivity index (χ0v) is 19.4. The molecule has 0 saturated heterocycles. The van der Waals surface area contributed by atoms with Gasteiger partial charge in [-0.2, -0.15) is 23.3 Å². The standard InChI is InChI=1S/C25H18BrF3N2O3/c1-33-21-13-17(20(26)14-22(21)34-15-16-8-4-2-5-9-16)12-19-23(25(27,28)29)30-31(24(19)32)18-10-6-3-7-11-18/h2-14H,15H2,1H3/b19-12-. The van der Waals surface area contributed by atoms with Crippen LogP contribution in [-0.4, -0.2) is 24.9 Å². The van der Waals surface area contributed by atoms with E-state index in [2.05, 4.69) is 21.0 Å². The van der Waals surface area contributed by atoms with Gasteiger partial charge in [0.05, 0.1) is 18.4 Å². The van der Waals surface area contributed by atoms with Crippen molar-refractivity contribution in [1.29, 1.82) is 0 Å². The molecule has 3 aromatic carbocycles. The Balaban J connectivity index is 1.69. The van der Waals surface area contributed by atoms with Gasteiger partial charge in [0.1, 0.15) is 6.61 Å². The fourth-order valence-electron chi connectivity index (χ4n) is 3.32. The van der Waals surface area contributed by atoms with Gasteiger partial charge in [-0.05, 0) is 41.5 Å². The number of nitrogens with zero attached hydrogens (tertiary/aromatic N) is 2. The lowest BCUT2D eigenvalue weighted by molar-refractivity contribution is -0.114. The first kappa shape index (κ1) is 23.6. The summed E-state index contributed by atoms with van der Waals surface area (Å²) >= 11 is 3.37. The molecule has 0 radical (unpaired) electrons. The van der Waals surface area contributed by atoms with E-state index in [4.69, 9.17) is 9.47 Å². The van der Waals surface area contributed by atoms with Gasteiger partial charge >= 0.3 is 6.18 Å². The van der Waals surface area contributed by atoms with Crippen LogP contribution in [0.15, 0.2) is 87.9 Å². The van der Waals surface area contributed by atoms with Crippen molar-refractivity contribution in [3.8, 4) is 11.5 Å². The summed E-state index contributed by atoms with van der Waals surface area (Å²) in [5.74, 6) is -0.176. The molecule has 0 aromatic heterocycles. The highest BCUT2D eigenvalue weighted by molar-refractivity contribution is 9.10. The molecule has 0 fully saturated rings. The molecule has 34 heavy (non-hydrogen) atoms. The predicted molar refractivity (Wildman–Crippen MR) is 127 cm³/mol. The molecule has 0 aliphatic carbocycles. The lowest BCUT2D eigenvalue weighted by atomic mass is 10.1. The fourth-order valence-corrected chi connectivity index (χ4v) is 3.76. The number of halogens is 4. The van der Waals surface area contributed by atoms with Crippen molar-refractivity contribution in [2.24, 2.45) is 5.10 Å². The molecule has 1 heterocycles. The summed E-state index contributed by atoms with van der Waals surface area (Å²) in [5.41, 5.74) is -0.359. The van der Waals surface area contributed by atoms with E-state index in [0.29, 0.717) is 21.5 Å². The Bertz CT molecular complexity index is 1260. The maximum atomic E-state index is 13.7. The number of rotatable bonds is 6. The van der Waals surface area contributed by atoms with E-state index in [1.165, 1.54) is 25.3 Å². The van der Waals surface area contributed by atoms with Crippen LogP contribution >= 0.6 is 15.9 Å². The number of ether oxygens (including phenoxy) is 2. The summed E-state index contributed by atoms with van der Waals surface area (Å²) < 4.78 is 52.9. The second kappa shape index (κ2) is 9.72. The topological polar surface area (TPSA) is 51.1 Å². The van der Waals surface area contributed by atoms with Gasteiger partial charge in [0, 0.05) is 4.47 Å². The smallest absolute Gasteiger partial charge is 0.435 e. The molecule has 1 amide bonds. The van der Waals surface area contributed by atoms with E-state index < -0.39 is 23.4 Å². The lowest BCUT2D eigenvalue weighted by Gasteiger charge is -2.14. The van der Waals surface area contributed by atoms with Crippen LogP contribution in [0.1, 0.15) is 11.1 Å². The third-order valence-electron chi connectivity index (χ3n) is 4.97. The molecule has 1 aliphatic heterocycles. The highest BCUT2D eigenvalue weighted by Gasteiger charge is 2.46. The van der Waals surface area contributed by atoms with Gasteiger partial charge in [-0.3, -0.25) is 4.79 Å². The van der Waals surface area contributed by atoms with Crippen LogP contribution in [0.25, 0.3) is 6.08 Å². The number of carbonyl (C=O) groups is 1. The van der Waals surface area contributed by atoms with E-state index in [9.17, 15) is 18.0 Å². The number of carbonyl (C=O) groups excluding carboxylic acids is 1. The van der Waals surface area contributed by atoms with Crippen molar-refractivity contribution in [3.05, 3.63) is 94.0 Å². The molecule has 0 bridgehead atoms. The van der Waals surface area contributed by atoms with Crippen LogP contribution in [0.4, 0.5) is 18.9 Å². The monoisotopic (exact) mass is 530 g/mol. The van der Waals surface area contributed by atoms with Crippen LogP contribution in [0.2, 0.25) is 0 Å². The van der Waals surface area contributed by atoms with Crippen molar-refractivity contribution < 1.29 is 27.4 Å². The summed E-state index contributed by atoms with van der Waals surface area (Å²) in [6.07, 6.45) is -3.68. The number of para-hydroxylation sites is 1. The van der Waals surface area contributed by atoms with E-state index in [-0.39, 0.29) is 12.3 Å². The van der Waals surface area contributed by atoms with E-state index in [1.807, 2.05) is 30.3 Å². The number of anilines is 1. The molecule has 0 N–H and O–H groups in total. The van der Waals surface area contributed by atoms with Crippen LogP contribution in [-0.2, 0) is 11.4 Å². The van der Waals surface area contributed by atoms with Gasteiger partial charge in [-0.15, -0.1) is 0 Å². The third kappa shape index (κ3) is 4.99. The van der Waals surface area contributed by atoms with E-state index >= 15 is 0 Å². The molecule has 4 rings (SSSR count). The molecular weight excluding hydrogens is 513 g/mol. The SMILES string of the molecule is COc1cc(/C=C2\C(=O)N(c3ccccc3)N=C2C(F)(F)F)c(Br)cc1OCc1ccccc1. The fraction of sp³-hybridized carbons (Fsp3) is 0.120. The Kier molecular flexibility index (Phi) is 6.74. The maximum Gasteiger partial charge on any atom is 0.435 e. The first-order chi connectivity index (χ1) is 16.3. The summed E-state index contributed by atoms with van der Waals surface area (Å²) in [6, 6.07) is 20.5. The quantitative estimate of drug-likeness (QED) is 0.347. The zero-order chi connectivity index (χ0) is 24.3. The number of hydrazone groups is 1. The molecule has 0 unspecified atom stereocenters. The van der Waals surface area contributed by atoms with Crippen molar-refractivity contribution in [2.45, 2.75) is 12.8 Å². The van der Waals surface area contributed by atoms with Gasteiger partial charge in [-0.1, -0.05) is 64.5 Å². The minimum Gasteiger partial charge on any atom is -0.493 e. The second-order valence-electron chi connectivity index (χ2n) is 7.26. The predicted octanol–water partition coefficient (Wildman–Crippen LogP) is 6.39. The highest BCUT2D eigenvalue weighted by Crippen LogP contribution is 2.37. The number of hydrogen-bond acceptors (Lipinski definition) is 4. The molecule has 0 spiro atoms. The molecule has 1 aliphatic rings. The van der Waals surface area contributed by atoms with Crippen LogP contribution in [0.3, 0.4) is 0 Å². The van der Waals surface area contributed by atoms with Crippen molar-refractivity contribution >= 4 is 39.3 Å². The number of alkyl halides is 3. The average Bonchev–Trinajstić information content (AvgIpc) is 3.16.